The smallest absolute Gasteiger partial charge is 0.409 e. The molecule has 1 aromatic heterocycles. The quantitative estimate of drug-likeness (QED) is 0.614. The number of rotatable bonds is 5. The van der Waals surface area contributed by atoms with Crippen LogP contribution in [0.1, 0.15) is 40.2 Å². The summed E-state index contributed by atoms with van der Waals surface area (Å²) < 4.78 is 4.82. The Morgan fingerprint density at radius 3 is 2.45 bits per heavy atom. The van der Waals surface area contributed by atoms with Crippen LogP contribution in [0, 0.1) is 0 Å². The van der Waals surface area contributed by atoms with E-state index in [2.05, 4.69) is 16.4 Å². The molecular weight excluding hydrogens is 416 g/mol. The van der Waals surface area contributed by atoms with Gasteiger partial charge in [-0.05, 0) is 53.6 Å². The molecular formula is C26H28N4O3. The third-order valence-corrected chi connectivity index (χ3v) is 6.09. The first-order valence-corrected chi connectivity index (χ1v) is 11.1. The molecule has 0 bridgehead atoms. The summed E-state index contributed by atoms with van der Waals surface area (Å²) in [5.41, 5.74) is 10.7. The van der Waals surface area contributed by atoms with E-state index in [1.165, 1.54) is 7.11 Å². The van der Waals surface area contributed by atoms with Gasteiger partial charge in [0.15, 0.2) is 0 Å². The van der Waals surface area contributed by atoms with Gasteiger partial charge in [0.25, 0.3) is 5.91 Å². The number of benzene rings is 2. The molecule has 2 amide bonds. The van der Waals surface area contributed by atoms with E-state index in [0.29, 0.717) is 36.9 Å². The van der Waals surface area contributed by atoms with Crippen molar-refractivity contribution in [3.05, 3.63) is 83.6 Å². The molecule has 2 aromatic carbocycles. The van der Waals surface area contributed by atoms with Crippen molar-refractivity contribution in [1.29, 1.82) is 0 Å². The van der Waals surface area contributed by atoms with Crippen molar-refractivity contribution < 1.29 is 14.3 Å². The lowest BCUT2D eigenvalue weighted by atomic mass is 9.89. The van der Waals surface area contributed by atoms with Crippen molar-refractivity contribution in [3.8, 4) is 11.1 Å². The summed E-state index contributed by atoms with van der Waals surface area (Å²) in [6, 6.07) is 19.3. The van der Waals surface area contributed by atoms with E-state index in [9.17, 15) is 9.59 Å². The molecule has 7 heteroatoms. The second-order valence-electron chi connectivity index (χ2n) is 8.18. The van der Waals surface area contributed by atoms with Crippen LogP contribution in [0.2, 0.25) is 0 Å². The number of likely N-dealkylation sites (tertiary alicyclic amines) is 1. The van der Waals surface area contributed by atoms with Crippen molar-refractivity contribution >= 4 is 17.8 Å². The molecule has 2 heterocycles. The topological polar surface area (TPSA) is 97.6 Å². The fourth-order valence-electron chi connectivity index (χ4n) is 4.15. The summed E-state index contributed by atoms with van der Waals surface area (Å²) in [6.45, 7) is 1.79. The van der Waals surface area contributed by atoms with E-state index in [-0.39, 0.29) is 12.0 Å². The van der Waals surface area contributed by atoms with Gasteiger partial charge in [0, 0.05) is 37.0 Å². The lowest BCUT2D eigenvalue weighted by Crippen LogP contribution is -2.37. The normalized spacial score (nSPS) is 14.0. The zero-order valence-corrected chi connectivity index (χ0v) is 18.7. The summed E-state index contributed by atoms with van der Waals surface area (Å²) in [4.78, 5) is 30.4. The van der Waals surface area contributed by atoms with Gasteiger partial charge in [-0.15, -0.1) is 0 Å². The molecule has 0 radical (unpaired) electrons. The average Bonchev–Trinajstić information content (AvgIpc) is 2.88. The molecule has 4 rings (SSSR count). The number of anilines is 1. The first-order chi connectivity index (χ1) is 16.0. The molecule has 0 unspecified atom stereocenters. The summed E-state index contributed by atoms with van der Waals surface area (Å²) in [5.74, 6) is 0.635. The number of ether oxygens (including phenoxy) is 1. The fourth-order valence-corrected chi connectivity index (χ4v) is 4.15. The van der Waals surface area contributed by atoms with Crippen molar-refractivity contribution in [1.82, 2.24) is 15.2 Å². The monoisotopic (exact) mass is 444 g/mol. The minimum Gasteiger partial charge on any atom is -0.453 e. The zero-order valence-electron chi connectivity index (χ0n) is 18.7. The van der Waals surface area contributed by atoms with Gasteiger partial charge in [-0.25, -0.2) is 9.78 Å². The number of amides is 2. The molecule has 1 aliphatic rings. The van der Waals surface area contributed by atoms with Crippen molar-refractivity contribution in [2.75, 3.05) is 25.9 Å². The van der Waals surface area contributed by atoms with E-state index in [1.807, 2.05) is 48.7 Å². The number of nitrogens with one attached hydrogen (secondary N) is 1. The first-order valence-electron chi connectivity index (χ1n) is 11.1. The number of hydrogen-bond acceptors (Lipinski definition) is 5. The van der Waals surface area contributed by atoms with E-state index in [1.54, 1.807) is 17.0 Å². The number of carbonyl (C=O) groups excluding carboxylic acids is 2. The molecule has 7 nitrogen and oxygen atoms in total. The number of nitrogens with two attached hydrogens (primary N) is 1. The molecule has 1 saturated heterocycles. The van der Waals surface area contributed by atoms with E-state index < -0.39 is 0 Å². The Kier molecular flexibility index (Phi) is 6.88. The number of piperidine rings is 1. The number of hydrogen-bond donors (Lipinski definition) is 2. The van der Waals surface area contributed by atoms with Crippen LogP contribution in [0.25, 0.3) is 11.1 Å². The summed E-state index contributed by atoms with van der Waals surface area (Å²) in [5, 5.41) is 2.94. The lowest BCUT2D eigenvalue weighted by Gasteiger charge is -2.31. The standard InChI is InChI=1S/C26H28N4O3/c1-33-26(32)30-13-11-19(12-14-30)22-15-23(24(27)28-17-22)20-7-9-21(10-8-20)25(31)29-16-18-5-3-2-4-6-18/h2-10,15,17,19H,11-14,16H2,1H3,(H2,27,28)(H,29,31). The van der Waals surface area contributed by atoms with Crippen molar-refractivity contribution in [3.63, 3.8) is 0 Å². The SMILES string of the molecule is COC(=O)N1CCC(c2cnc(N)c(-c3ccc(C(=O)NCc4ccccc4)cc3)c2)CC1. The minimum absolute atomic E-state index is 0.123. The van der Waals surface area contributed by atoms with Gasteiger partial charge in [-0.2, -0.15) is 0 Å². The molecule has 3 aromatic rings. The van der Waals surface area contributed by atoms with Crippen LogP contribution in [-0.4, -0.2) is 42.1 Å². The molecule has 0 spiro atoms. The second-order valence-corrected chi connectivity index (χ2v) is 8.18. The van der Waals surface area contributed by atoms with Gasteiger partial charge in [-0.1, -0.05) is 42.5 Å². The molecule has 33 heavy (non-hydrogen) atoms. The van der Waals surface area contributed by atoms with Gasteiger partial charge >= 0.3 is 6.09 Å². The number of methoxy groups -OCH3 is 1. The van der Waals surface area contributed by atoms with Crippen LogP contribution in [0.15, 0.2) is 66.9 Å². The van der Waals surface area contributed by atoms with Crippen molar-refractivity contribution in [2.45, 2.75) is 25.3 Å². The first kappa shape index (κ1) is 22.3. The largest absolute Gasteiger partial charge is 0.453 e. The molecule has 170 valence electrons. The highest BCUT2D eigenvalue weighted by Gasteiger charge is 2.25. The van der Waals surface area contributed by atoms with Crippen molar-refractivity contribution in [2.24, 2.45) is 0 Å². The fraction of sp³-hybridized carbons (Fsp3) is 0.269. The van der Waals surface area contributed by atoms with E-state index in [0.717, 1.165) is 35.1 Å². The van der Waals surface area contributed by atoms with E-state index in [4.69, 9.17) is 10.5 Å². The number of carbonyl (C=O) groups is 2. The van der Waals surface area contributed by atoms with Crippen LogP contribution >= 0.6 is 0 Å². The Hall–Kier alpha value is -3.87. The zero-order chi connectivity index (χ0) is 23.2. The van der Waals surface area contributed by atoms with Crippen LogP contribution in [0.5, 0.6) is 0 Å². The minimum atomic E-state index is -0.280. The van der Waals surface area contributed by atoms with Crippen LogP contribution in [-0.2, 0) is 11.3 Å². The summed E-state index contributed by atoms with van der Waals surface area (Å²) >= 11 is 0. The Balaban J connectivity index is 1.43. The average molecular weight is 445 g/mol. The Bertz CT molecular complexity index is 1110. The second kappa shape index (κ2) is 10.2. The molecule has 0 aliphatic carbocycles. The summed E-state index contributed by atoms with van der Waals surface area (Å²) in [7, 11) is 1.41. The number of aromatic nitrogens is 1. The predicted octanol–water partition coefficient (Wildman–Crippen LogP) is 4.21. The van der Waals surface area contributed by atoms with Crippen LogP contribution < -0.4 is 11.1 Å². The molecule has 1 aliphatic heterocycles. The highest BCUT2D eigenvalue weighted by molar-refractivity contribution is 5.94. The molecule has 0 saturated carbocycles. The molecule has 1 fully saturated rings. The maximum Gasteiger partial charge on any atom is 0.409 e. The van der Waals surface area contributed by atoms with Gasteiger partial charge in [0.05, 0.1) is 7.11 Å². The van der Waals surface area contributed by atoms with Crippen LogP contribution in [0.3, 0.4) is 0 Å². The molecule has 0 atom stereocenters. The summed E-state index contributed by atoms with van der Waals surface area (Å²) in [6.07, 6.45) is 3.24. The number of nitrogen functional groups attached to an aromatic ring is 1. The maximum absolute atomic E-state index is 12.5. The van der Waals surface area contributed by atoms with E-state index >= 15 is 0 Å². The highest BCUT2D eigenvalue weighted by Crippen LogP contribution is 2.33. The van der Waals surface area contributed by atoms with Gasteiger partial charge in [-0.3, -0.25) is 4.79 Å². The van der Waals surface area contributed by atoms with Crippen LogP contribution in [0.4, 0.5) is 10.6 Å². The maximum atomic E-state index is 12.5. The third kappa shape index (κ3) is 5.31. The Labute approximate surface area is 193 Å². The number of pyridine rings is 1. The van der Waals surface area contributed by atoms with Gasteiger partial charge in [0.1, 0.15) is 5.82 Å². The number of nitrogens with zero attached hydrogens (tertiary/aromatic N) is 2. The Morgan fingerprint density at radius 2 is 1.79 bits per heavy atom. The Morgan fingerprint density at radius 1 is 1.09 bits per heavy atom. The molecule has 3 N–H and O–H groups in total. The van der Waals surface area contributed by atoms with Gasteiger partial charge < -0.3 is 20.7 Å². The van der Waals surface area contributed by atoms with Gasteiger partial charge in [0.2, 0.25) is 0 Å². The third-order valence-electron chi connectivity index (χ3n) is 6.09. The highest BCUT2D eigenvalue weighted by atomic mass is 16.5. The lowest BCUT2D eigenvalue weighted by molar-refractivity contribution is 0.0950. The predicted molar refractivity (Wildman–Crippen MR) is 128 cm³/mol.